The van der Waals surface area contributed by atoms with Gasteiger partial charge >= 0.3 is 0 Å². The summed E-state index contributed by atoms with van der Waals surface area (Å²) < 4.78 is 32.2. The molecule has 0 saturated heterocycles. The molecule has 0 aliphatic rings. The van der Waals surface area contributed by atoms with E-state index in [4.69, 9.17) is 4.74 Å². The fraction of sp³-hybridized carbons (Fsp3) is 0.296. The van der Waals surface area contributed by atoms with E-state index in [1.165, 1.54) is 6.07 Å². The molecule has 0 heterocycles. The number of ether oxygens (including phenoxy) is 1. The summed E-state index contributed by atoms with van der Waals surface area (Å²) in [6.07, 6.45) is 0.820. The third-order valence-corrected chi connectivity index (χ3v) is 5.14. The highest BCUT2D eigenvalue weighted by Gasteiger charge is 2.18. The van der Waals surface area contributed by atoms with Crippen LogP contribution in [0.5, 0.6) is 5.75 Å². The van der Waals surface area contributed by atoms with Crippen LogP contribution in [0.4, 0.5) is 8.78 Å². The summed E-state index contributed by atoms with van der Waals surface area (Å²) in [5, 5.41) is 3.16. The molecule has 3 rings (SSSR count). The number of carbonyl (C=O) groups is 1. The summed E-state index contributed by atoms with van der Waals surface area (Å²) in [4.78, 5) is 13.0. The Morgan fingerprint density at radius 1 is 0.938 bits per heavy atom. The maximum absolute atomic E-state index is 13.4. The van der Waals surface area contributed by atoms with E-state index in [1.54, 1.807) is 24.3 Å². The predicted molar refractivity (Wildman–Crippen MR) is 123 cm³/mol. The van der Waals surface area contributed by atoms with Gasteiger partial charge in [0.05, 0.1) is 6.04 Å². The van der Waals surface area contributed by atoms with Gasteiger partial charge in [-0.1, -0.05) is 55.3 Å². The van der Waals surface area contributed by atoms with Gasteiger partial charge < -0.3 is 10.1 Å². The minimum absolute atomic E-state index is 0.0703. The third kappa shape index (κ3) is 6.39. The van der Waals surface area contributed by atoms with Crippen LogP contribution in [0.25, 0.3) is 0 Å². The van der Waals surface area contributed by atoms with Crippen LogP contribution in [0.1, 0.15) is 58.9 Å². The highest BCUT2D eigenvalue weighted by atomic mass is 19.2. The van der Waals surface area contributed by atoms with Crippen LogP contribution in [0, 0.1) is 31.4 Å². The highest BCUT2D eigenvalue weighted by molar-refractivity contribution is 5.94. The van der Waals surface area contributed by atoms with Crippen molar-refractivity contribution >= 4 is 5.91 Å². The Labute approximate surface area is 188 Å². The second kappa shape index (κ2) is 10.4. The van der Waals surface area contributed by atoms with Crippen molar-refractivity contribution < 1.29 is 18.3 Å². The minimum Gasteiger partial charge on any atom is -0.489 e. The van der Waals surface area contributed by atoms with Crippen molar-refractivity contribution in [3.8, 4) is 5.75 Å². The molecule has 1 amide bonds. The zero-order valence-electron chi connectivity index (χ0n) is 18.9. The Morgan fingerprint density at radius 2 is 1.66 bits per heavy atom. The van der Waals surface area contributed by atoms with E-state index in [0.717, 1.165) is 35.2 Å². The number of halogens is 2. The van der Waals surface area contributed by atoms with Crippen LogP contribution in [0.2, 0.25) is 0 Å². The second-order valence-electron chi connectivity index (χ2n) is 8.64. The number of amides is 1. The normalized spacial score (nSPS) is 12.0. The number of rotatable bonds is 8. The number of nitrogens with one attached hydrogen (secondary N) is 1. The van der Waals surface area contributed by atoms with E-state index in [9.17, 15) is 13.6 Å². The SMILES string of the molecule is Cc1cc(C)cc(C(CC(C)C)NC(=O)c2cccc(OCc3ccc(F)c(F)c3)c2)c1. The van der Waals surface area contributed by atoms with Gasteiger partial charge in [0.2, 0.25) is 0 Å². The Kier molecular flexibility index (Phi) is 7.62. The van der Waals surface area contributed by atoms with Gasteiger partial charge in [0, 0.05) is 5.56 Å². The van der Waals surface area contributed by atoms with Crippen molar-refractivity contribution in [3.05, 3.63) is 100 Å². The standard InChI is InChI=1S/C27H29F2NO2/c1-17(2)10-26(22-12-18(3)11-19(4)13-22)30-27(31)21-6-5-7-23(15-21)32-16-20-8-9-24(28)25(29)14-20/h5-9,11-15,17,26H,10,16H2,1-4H3,(H,30,31). The Balaban J connectivity index is 1.73. The van der Waals surface area contributed by atoms with E-state index in [0.29, 0.717) is 22.8 Å². The van der Waals surface area contributed by atoms with Gasteiger partial charge in [-0.3, -0.25) is 4.79 Å². The maximum atomic E-state index is 13.4. The lowest BCUT2D eigenvalue weighted by molar-refractivity contribution is 0.0931. The van der Waals surface area contributed by atoms with Gasteiger partial charge in [-0.05, 0) is 67.6 Å². The van der Waals surface area contributed by atoms with Gasteiger partial charge in [-0.25, -0.2) is 8.78 Å². The molecule has 1 unspecified atom stereocenters. The smallest absolute Gasteiger partial charge is 0.251 e. The number of hydrogen-bond acceptors (Lipinski definition) is 2. The molecule has 0 aliphatic carbocycles. The average molecular weight is 438 g/mol. The van der Waals surface area contributed by atoms with Gasteiger partial charge in [-0.2, -0.15) is 0 Å². The Hall–Kier alpha value is -3.21. The molecule has 0 radical (unpaired) electrons. The summed E-state index contributed by atoms with van der Waals surface area (Å²) >= 11 is 0. The summed E-state index contributed by atoms with van der Waals surface area (Å²) in [6, 6.07) is 16.7. The molecule has 0 saturated carbocycles. The van der Waals surface area contributed by atoms with E-state index in [2.05, 4.69) is 51.2 Å². The fourth-order valence-corrected chi connectivity index (χ4v) is 3.73. The molecule has 1 N–H and O–H groups in total. The molecule has 168 valence electrons. The first-order valence-electron chi connectivity index (χ1n) is 10.8. The zero-order valence-corrected chi connectivity index (χ0v) is 18.9. The molecule has 0 bridgehead atoms. The van der Waals surface area contributed by atoms with Crippen LogP contribution in [-0.2, 0) is 6.61 Å². The predicted octanol–water partition coefficient (Wildman–Crippen LogP) is 6.68. The van der Waals surface area contributed by atoms with Gasteiger partial charge in [0.15, 0.2) is 11.6 Å². The molecule has 0 aliphatic heterocycles. The van der Waals surface area contributed by atoms with Crippen LogP contribution in [0.15, 0.2) is 60.7 Å². The highest BCUT2D eigenvalue weighted by Crippen LogP contribution is 2.25. The molecule has 0 aromatic heterocycles. The maximum Gasteiger partial charge on any atom is 0.251 e. The van der Waals surface area contributed by atoms with E-state index in [-0.39, 0.29) is 18.6 Å². The van der Waals surface area contributed by atoms with Gasteiger partial charge in [0.25, 0.3) is 5.91 Å². The topological polar surface area (TPSA) is 38.3 Å². The Bertz CT molecular complexity index is 1070. The van der Waals surface area contributed by atoms with Gasteiger partial charge in [0.1, 0.15) is 12.4 Å². The quantitative estimate of drug-likeness (QED) is 0.427. The van der Waals surface area contributed by atoms with E-state index < -0.39 is 11.6 Å². The monoisotopic (exact) mass is 437 g/mol. The van der Waals surface area contributed by atoms with Crippen molar-refractivity contribution in [2.24, 2.45) is 5.92 Å². The number of hydrogen-bond donors (Lipinski definition) is 1. The number of aryl methyl sites for hydroxylation is 2. The summed E-state index contributed by atoms with van der Waals surface area (Å²) in [5.74, 6) is -1.11. The van der Waals surface area contributed by atoms with E-state index in [1.807, 2.05) is 0 Å². The second-order valence-corrected chi connectivity index (χ2v) is 8.64. The molecular formula is C27H29F2NO2. The lowest BCUT2D eigenvalue weighted by atomic mass is 9.94. The fourth-order valence-electron chi connectivity index (χ4n) is 3.73. The molecule has 3 aromatic rings. The molecule has 3 aromatic carbocycles. The molecule has 0 fully saturated rings. The lowest BCUT2D eigenvalue weighted by Gasteiger charge is -2.22. The van der Waals surface area contributed by atoms with Crippen molar-refractivity contribution in [1.29, 1.82) is 0 Å². The molecule has 1 atom stereocenters. The third-order valence-electron chi connectivity index (χ3n) is 5.14. The first-order valence-corrected chi connectivity index (χ1v) is 10.8. The first kappa shape index (κ1) is 23.5. The molecule has 5 heteroatoms. The largest absolute Gasteiger partial charge is 0.489 e. The molecule has 3 nitrogen and oxygen atoms in total. The van der Waals surface area contributed by atoms with Crippen LogP contribution in [-0.4, -0.2) is 5.91 Å². The molecule has 0 spiro atoms. The first-order chi connectivity index (χ1) is 15.2. The van der Waals surface area contributed by atoms with Crippen molar-refractivity contribution in [2.45, 2.75) is 46.8 Å². The van der Waals surface area contributed by atoms with Crippen LogP contribution >= 0.6 is 0 Å². The van der Waals surface area contributed by atoms with Crippen molar-refractivity contribution in [2.75, 3.05) is 0 Å². The van der Waals surface area contributed by atoms with Crippen molar-refractivity contribution in [1.82, 2.24) is 5.32 Å². The zero-order chi connectivity index (χ0) is 23.3. The Morgan fingerprint density at radius 3 is 2.31 bits per heavy atom. The lowest BCUT2D eigenvalue weighted by Crippen LogP contribution is -2.29. The van der Waals surface area contributed by atoms with Crippen molar-refractivity contribution in [3.63, 3.8) is 0 Å². The number of benzene rings is 3. The summed E-state index contributed by atoms with van der Waals surface area (Å²) in [6.45, 7) is 8.45. The summed E-state index contributed by atoms with van der Waals surface area (Å²) in [7, 11) is 0. The van der Waals surface area contributed by atoms with E-state index >= 15 is 0 Å². The minimum atomic E-state index is -0.915. The molecular weight excluding hydrogens is 408 g/mol. The summed E-state index contributed by atoms with van der Waals surface area (Å²) in [5.41, 5.74) is 4.40. The van der Waals surface area contributed by atoms with Crippen LogP contribution in [0.3, 0.4) is 0 Å². The average Bonchev–Trinajstić information content (AvgIpc) is 2.73. The number of carbonyl (C=O) groups excluding carboxylic acids is 1. The van der Waals surface area contributed by atoms with Gasteiger partial charge in [-0.15, -0.1) is 0 Å². The molecule has 32 heavy (non-hydrogen) atoms. The van der Waals surface area contributed by atoms with Crippen LogP contribution < -0.4 is 10.1 Å².